The Morgan fingerprint density at radius 3 is 3.19 bits per heavy atom. The zero-order valence-corrected chi connectivity index (χ0v) is 9.49. The van der Waals surface area contributed by atoms with Crippen LogP contribution in [0.1, 0.15) is 28.9 Å². The SMILES string of the molecule is Cc1cccnc1C(=O)N[C@@H]1CCCNC1. The van der Waals surface area contributed by atoms with Gasteiger partial charge >= 0.3 is 0 Å². The lowest BCUT2D eigenvalue weighted by Crippen LogP contribution is -2.45. The van der Waals surface area contributed by atoms with Crippen LogP contribution in [-0.4, -0.2) is 30.0 Å². The third-order valence-corrected chi connectivity index (χ3v) is 2.86. The molecule has 0 aliphatic carbocycles. The number of hydrogen-bond acceptors (Lipinski definition) is 3. The van der Waals surface area contributed by atoms with E-state index in [4.69, 9.17) is 0 Å². The number of rotatable bonds is 2. The van der Waals surface area contributed by atoms with E-state index in [2.05, 4.69) is 15.6 Å². The molecule has 0 bridgehead atoms. The van der Waals surface area contributed by atoms with Gasteiger partial charge < -0.3 is 10.6 Å². The quantitative estimate of drug-likeness (QED) is 0.776. The lowest BCUT2D eigenvalue weighted by molar-refractivity contribution is 0.0925. The van der Waals surface area contributed by atoms with E-state index in [1.54, 1.807) is 6.20 Å². The number of nitrogens with one attached hydrogen (secondary N) is 2. The number of carbonyl (C=O) groups excluding carboxylic acids is 1. The standard InChI is InChI=1S/C12H17N3O/c1-9-4-2-7-14-11(9)12(16)15-10-5-3-6-13-8-10/h2,4,7,10,13H,3,5-6,8H2,1H3,(H,15,16)/t10-/m1/s1. The molecule has 1 fully saturated rings. The van der Waals surface area contributed by atoms with Crippen LogP contribution in [0.3, 0.4) is 0 Å². The molecule has 2 rings (SSSR count). The zero-order chi connectivity index (χ0) is 11.4. The number of pyridine rings is 1. The second-order valence-corrected chi connectivity index (χ2v) is 4.19. The number of piperidine rings is 1. The highest BCUT2D eigenvalue weighted by Gasteiger charge is 2.17. The van der Waals surface area contributed by atoms with Crippen LogP contribution in [0, 0.1) is 6.92 Å². The van der Waals surface area contributed by atoms with Crippen molar-refractivity contribution in [3.05, 3.63) is 29.6 Å². The van der Waals surface area contributed by atoms with Gasteiger partial charge in [0.25, 0.3) is 5.91 Å². The maximum absolute atomic E-state index is 11.9. The molecule has 4 heteroatoms. The highest BCUT2D eigenvalue weighted by atomic mass is 16.1. The van der Waals surface area contributed by atoms with Gasteiger partial charge in [0.2, 0.25) is 0 Å². The Morgan fingerprint density at radius 2 is 2.50 bits per heavy atom. The molecule has 1 aliphatic rings. The molecule has 0 saturated carbocycles. The predicted molar refractivity (Wildman–Crippen MR) is 62.3 cm³/mol. The van der Waals surface area contributed by atoms with Gasteiger partial charge in [0, 0.05) is 18.8 Å². The van der Waals surface area contributed by atoms with Crippen LogP contribution in [0.5, 0.6) is 0 Å². The van der Waals surface area contributed by atoms with Gasteiger partial charge in [-0.05, 0) is 37.9 Å². The van der Waals surface area contributed by atoms with E-state index in [9.17, 15) is 4.79 Å². The average Bonchev–Trinajstić information content (AvgIpc) is 2.31. The van der Waals surface area contributed by atoms with E-state index >= 15 is 0 Å². The van der Waals surface area contributed by atoms with E-state index in [-0.39, 0.29) is 11.9 Å². The Balaban J connectivity index is 2.00. The molecule has 16 heavy (non-hydrogen) atoms. The van der Waals surface area contributed by atoms with Crippen LogP contribution >= 0.6 is 0 Å². The fraction of sp³-hybridized carbons (Fsp3) is 0.500. The lowest BCUT2D eigenvalue weighted by Gasteiger charge is -2.23. The maximum Gasteiger partial charge on any atom is 0.270 e. The molecule has 1 atom stereocenters. The number of hydrogen-bond donors (Lipinski definition) is 2. The van der Waals surface area contributed by atoms with Crippen molar-refractivity contribution < 1.29 is 4.79 Å². The van der Waals surface area contributed by atoms with Gasteiger partial charge in [0.05, 0.1) is 0 Å². The van der Waals surface area contributed by atoms with Crippen molar-refractivity contribution in [1.82, 2.24) is 15.6 Å². The molecule has 1 aliphatic heterocycles. The first-order chi connectivity index (χ1) is 7.77. The fourth-order valence-electron chi connectivity index (χ4n) is 1.95. The summed E-state index contributed by atoms with van der Waals surface area (Å²) in [6.07, 6.45) is 3.82. The largest absolute Gasteiger partial charge is 0.347 e. The summed E-state index contributed by atoms with van der Waals surface area (Å²) in [6.45, 7) is 3.81. The van der Waals surface area contributed by atoms with Crippen molar-refractivity contribution in [3.63, 3.8) is 0 Å². The number of carbonyl (C=O) groups is 1. The normalized spacial score (nSPS) is 20.4. The predicted octanol–water partition coefficient (Wildman–Crippen LogP) is 0.872. The molecule has 2 heterocycles. The minimum absolute atomic E-state index is 0.0631. The summed E-state index contributed by atoms with van der Waals surface area (Å²) >= 11 is 0. The first kappa shape index (κ1) is 11.1. The Morgan fingerprint density at radius 1 is 1.62 bits per heavy atom. The molecule has 86 valence electrons. The third kappa shape index (κ3) is 2.58. The Bertz CT molecular complexity index is 372. The van der Waals surface area contributed by atoms with Crippen molar-refractivity contribution in [2.75, 3.05) is 13.1 Å². The van der Waals surface area contributed by atoms with Crippen LogP contribution in [0.4, 0.5) is 0 Å². The third-order valence-electron chi connectivity index (χ3n) is 2.86. The summed E-state index contributed by atoms with van der Waals surface area (Å²) in [5.74, 6) is -0.0631. The van der Waals surface area contributed by atoms with Crippen molar-refractivity contribution in [2.45, 2.75) is 25.8 Å². The summed E-state index contributed by atoms with van der Waals surface area (Å²) in [7, 11) is 0. The van der Waals surface area contributed by atoms with E-state index in [0.717, 1.165) is 31.5 Å². The monoisotopic (exact) mass is 219 g/mol. The van der Waals surface area contributed by atoms with Crippen molar-refractivity contribution in [1.29, 1.82) is 0 Å². The van der Waals surface area contributed by atoms with Crippen molar-refractivity contribution in [3.8, 4) is 0 Å². The smallest absolute Gasteiger partial charge is 0.270 e. The van der Waals surface area contributed by atoms with Crippen LogP contribution in [0.2, 0.25) is 0 Å². The molecule has 1 saturated heterocycles. The van der Waals surface area contributed by atoms with Crippen LogP contribution in [-0.2, 0) is 0 Å². The number of amides is 1. The van der Waals surface area contributed by atoms with Crippen molar-refractivity contribution in [2.24, 2.45) is 0 Å². The average molecular weight is 219 g/mol. The molecule has 0 unspecified atom stereocenters. The molecule has 0 aromatic carbocycles. The van der Waals surface area contributed by atoms with Gasteiger partial charge in [-0.3, -0.25) is 9.78 Å². The fourth-order valence-corrected chi connectivity index (χ4v) is 1.95. The highest BCUT2D eigenvalue weighted by molar-refractivity contribution is 5.93. The van der Waals surface area contributed by atoms with E-state index < -0.39 is 0 Å². The molecule has 1 aromatic heterocycles. The number of nitrogens with zero attached hydrogens (tertiary/aromatic N) is 1. The number of aryl methyl sites for hydroxylation is 1. The molecule has 4 nitrogen and oxygen atoms in total. The minimum atomic E-state index is -0.0631. The number of aromatic nitrogens is 1. The van der Waals surface area contributed by atoms with Gasteiger partial charge in [-0.15, -0.1) is 0 Å². The summed E-state index contributed by atoms with van der Waals surface area (Å²) in [4.78, 5) is 16.0. The van der Waals surface area contributed by atoms with Crippen LogP contribution in [0.25, 0.3) is 0 Å². The molecular formula is C12H17N3O. The topological polar surface area (TPSA) is 54.0 Å². The second kappa shape index (κ2) is 5.07. The first-order valence-electron chi connectivity index (χ1n) is 5.70. The molecule has 1 amide bonds. The Kier molecular flexibility index (Phi) is 3.51. The molecule has 1 aromatic rings. The molecule has 0 spiro atoms. The highest BCUT2D eigenvalue weighted by Crippen LogP contribution is 2.06. The molecule has 0 radical (unpaired) electrons. The van der Waals surface area contributed by atoms with Gasteiger partial charge in [0.15, 0.2) is 0 Å². The zero-order valence-electron chi connectivity index (χ0n) is 9.49. The summed E-state index contributed by atoms with van der Waals surface area (Å²) in [5, 5.41) is 6.28. The van der Waals surface area contributed by atoms with Gasteiger partial charge in [-0.25, -0.2) is 0 Å². The first-order valence-corrected chi connectivity index (χ1v) is 5.70. The van der Waals surface area contributed by atoms with Gasteiger partial charge in [0.1, 0.15) is 5.69 Å². The summed E-state index contributed by atoms with van der Waals surface area (Å²) in [5.41, 5.74) is 1.46. The molecule has 2 N–H and O–H groups in total. The Hall–Kier alpha value is -1.42. The van der Waals surface area contributed by atoms with E-state index in [1.165, 1.54) is 0 Å². The second-order valence-electron chi connectivity index (χ2n) is 4.19. The summed E-state index contributed by atoms with van der Waals surface area (Å²) < 4.78 is 0. The maximum atomic E-state index is 11.9. The van der Waals surface area contributed by atoms with Crippen LogP contribution in [0.15, 0.2) is 18.3 Å². The van der Waals surface area contributed by atoms with Gasteiger partial charge in [-0.1, -0.05) is 6.07 Å². The van der Waals surface area contributed by atoms with E-state index in [1.807, 2.05) is 19.1 Å². The molecular weight excluding hydrogens is 202 g/mol. The minimum Gasteiger partial charge on any atom is -0.347 e. The summed E-state index contributed by atoms with van der Waals surface area (Å²) in [6, 6.07) is 3.98. The Labute approximate surface area is 95.5 Å². The van der Waals surface area contributed by atoms with Crippen molar-refractivity contribution >= 4 is 5.91 Å². The van der Waals surface area contributed by atoms with Crippen LogP contribution < -0.4 is 10.6 Å². The van der Waals surface area contributed by atoms with Gasteiger partial charge in [-0.2, -0.15) is 0 Å². The van der Waals surface area contributed by atoms with E-state index in [0.29, 0.717) is 5.69 Å². The lowest BCUT2D eigenvalue weighted by atomic mass is 10.1.